The molecule has 0 saturated heterocycles. The first-order chi connectivity index (χ1) is 11.5. The van der Waals surface area contributed by atoms with E-state index in [9.17, 15) is 9.59 Å². The lowest BCUT2D eigenvalue weighted by Crippen LogP contribution is -2.20. The molecule has 0 atom stereocenters. The molecule has 0 amide bonds. The standard InChI is InChI=1S/C18H16N2O3S/c1-3-11-4-7-13(8-5-11)20-16(21)14-9-6-12(17(22)23-2)10-15(14)19-18(20)24/h4-10H,3H2,1-2H3,(H,19,24). The lowest BCUT2D eigenvalue weighted by molar-refractivity contribution is 0.0601. The third-order valence-corrected chi connectivity index (χ3v) is 4.21. The molecule has 0 aliphatic carbocycles. The zero-order valence-corrected chi connectivity index (χ0v) is 14.1. The van der Waals surface area contributed by atoms with Crippen LogP contribution in [-0.2, 0) is 11.2 Å². The van der Waals surface area contributed by atoms with Gasteiger partial charge in [0.2, 0.25) is 0 Å². The fourth-order valence-corrected chi connectivity index (χ4v) is 2.88. The van der Waals surface area contributed by atoms with Crippen molar-refractivity contribution in [2.24, 2.45) is 0 Å². The maximum absolute atomic E-state index is 12.8. The number of nitrogens with one attached hydrogen (secondary N) is 1. The number of H-pyrrole nitrogens is 1. The molecule has 6 heteroatoms. The first-order valence-electron chi connectivity index (χ1n) is 7.52. The molecule has 0 fully saturated rings. The molecule has 2 aromatic carbocycles. The summed E-state index contributed by atoms with van der Waals surface area (Å²) >= 11 is 5.34. The minimum absolute atomic E-state index is 0.227. The zero-order chi connectivity index (χ0) is 17.3. The monoisotopic (exact) mass is 340 g/mol. The van der Waals surface area contributed by atoms with Crippen LogP contribution in [-0.4, -0.2) is 22.6 Å². The molecule has 0 aliphatic rings. The van der Waals surface area contributed by atoms with E-state index in [1.165, 1.54) is 17.2 Å². The molecule has 3 aromatic rings. The van der Waals surface area contributed by atoms with Crippen molar-refractivity contribution < 1.29 is 9.53 Å². The van der Waals surface area contributed by atoms with Crippen LogP contribution in [0, 0.1) is 4.77 Å². The molecule has 0 spiro atoms. The lowest BCUT2D eigenvalue weighted by Gasteiger charge is -2.09. The first kappa shape index (κ1) is 16.1. The van der Waals surface area contributed by atoms with E-state index in [1.54, 1.807) is 18.2 Å². The van der Waals surface area contributed by atoms with Gasteiger partial charge < -0.3 is 9.72 Å². The van der Waals surface area contributed by atoms with E-state index in [0.717, 1.165) is 6.42 Å². The number of fused-ring (bicyclic) bond motifs is 1. The van der Waals surface area contributed by atoms with Crippen LogP contribution in [0.3, 0.4) is 0 Å². The molecule has 1 aromatic heterocycles. The zero-order valence-electron chi connectivity index (χ0n) is 13.3. The van der Waals surface area contributed by atoms with E-state index < -0.39 is 5.97 Å². The van der Waals surface area contributed by atoms with Crippen LogP contribution in [0.15, 0.2) is 47.3 Å². The van der Waals surface area contributed by atoms with E-state index >= 15 is 0 Å². The average Bonchev–Trinajstić information content (AvgIpc) is 2.61. The Morgan fingerprint density at radius 3 is 2.54 bits per heavy atom. The number of esters is 1. The Balaban J connectivity index is 2.21. The predicted molar refractivity (Wildman–Crippen MR) is 95.4 cm³/mol. The summed E-state index contributed by atoms with van der Waals surface area (Å²) in [6, 6.07) is 12.4. The summed E-state index contributed by atoms with van der Waals surface area (Å²) in [6.07, 6.45) is 0.927. The van der Waals surface area contributed by atoms with Crippen molar-refractivity contribution in [1.29, 1.82) is 0 Å². The van der Waals surface area contributed by atoms with Crippen molar-refractivity contribution in [2.75, 3.05) is 7.11 Å². The van der Waals surface area contributed by atoms with Crippen LogP contribution in [0.1, 0.15) is 22.8 Å². The highest BCUT2D eigenvalue weighted by Gasteiger charge is 2.11. The molecule has 5 nitrogen and oxygen atoms in total. The Kier molecular flexibility index (Phi) is 4.31. The van der Waals surface area contributed by atoms with Gasteiger partial charge in [-0.3, -0.25) is 9.36 Å². The summed E-state index contributed by atoms with van der Waals surface area (Å²) in [7, 11) is 1.31. The van der Waals surface area contributed by atoms with Crippen LogP contribution in [0.4, 0.5) is 0 Å². The van der Waals surface area contributed by atoms with Gasteiger partial charge in [0.25, 0.3) is 5.56 Å². The molecule has 1 heterocycles. The second-order valence-corrected chi connectivity index (χ2v) is 5.73. The maximum atomic E-state index is 12.8. The fraction of sp³-hybridized carbons (Fsp3) is 0.167. The third-order valence-electron chi connectivity index (χ3n) is 3.92. The fourth-order valence-electron chi connectivity index (χ4n) is 2.58. The van der Waals surface area contributed by atoms with Gasteiger partial charge in [0.1, 0.15) is 0 Å². The Labute approximate surface area is 143 Å². The summed E-state index contributed by atoms with van der Waals surface area (Å²) in [5, 5.41) is 0.454. The van der Waals surface area contributed by atoms with E-state index in [2.05, 4.69) is 11.9 Å². The lowest BCUT2D eigenvalue weighted by atomic mass is 10.1. The van der Waals surface area contributed by atoms with E-state index in [0.29, 0.717) is 22.2 Å². The van der Waals surface area contributed by atoms with E-state index in [-0.39, 0.29) is 10.3 Å². The number of aromatic nitrogens is 2. The quantitative estimate of drug-likeness (QED) is 0.586. The molecule has 1 N–H and O–H groups in total. The maximum Gasteiger partial charge on any atom is 0.337 e. The van der Waals surface area contributed by atoms with E-state index in [4.69, 9.17) is 17.0 Å². The summed E-state index contributed by atoms with van der Waals surface area (Å²) < 4.78 is 6.43. The number of aryl methyl sites for hydroxylation is 1. The number of ether oxygens (including phenoxy) is 1. The molecule has 0 radical (unpaired) electrons. The smallest absolute Gasteiger partial charge is 0.337 e. The second kappa shape index (κ2) is 6.41. The number of methoxy groups -OCH3 is 1. The SMILES string of the molecule is CCc1ccc(-n2c(=S)[nH]c3cc(C(=O)OC)ccc3c2=O)cc1. The van der Waals surface area contributed by atoms with Crippen molar-refractivity contribution in [3.63, 3.8) is 0 Å². The van der Waals surface area contributed by atoms with Crippen molar-refractivity contribution in [3.8, 4) is 5.69 Å². The summed E-state index contributed by atoms with van der Waals surface area (Å²) in [4.78, 5) is 27.5. The summed E-state index contributed by atoms with van der Waals surface area (Å²) in [5.74, 6) is -0.462. The summed E-state index contributed by atoms with van der Waals surface area (Å²) in [5.41, 5.74) is 2.53. The Morgan fingerprint density at radius 2 is 1.92 bits per heavy atom. The molecule has 122 valence electrons. The topological polar surface area (TPSA) is 64.1 Å². The van der Waals surface area contributed by atoms with Crippen LogP contribution < -0.4 is 5.56 Å². The highest BCUT2D eigenvalue weighted by Crippen LogP contribution is 2.14. The number of aromatic amines is 1. The number of hydrogen-bond donors (Lipinski definition) is 1. The van der Waals surface area contributed by atoms with Crippen LogP contribution in [0.2, 0.25) is 0 Å². The van der Waals surface area contributed by atoms with Gasteiger partial charge in [-0.2, -0.15) is 0 Å². The van der Waals surface area contributed by atoms with Gasteiger partial charge in [-0.15, -0.1) is 0 Å². The van der Waals surface area contributed by atoms with Crippen LogP contribution in [0.25, 0.3) is 16.6 Å². The Hall–Kier alpha value is -2.73. The first-order valence-corrected chi connectivity index (χ1v) is 7.92. The number of rotatable bonds is 3. The van der Waals surface area contributed by atoms with Crippen molar-refractivity contribution in [1.82, 2.24) is 9.55 Å². The molecule has 0 bridgehead atoms. The van der Waals surface area contributed by atoms with Gasteiger partial charge in [-0.25, -0.2) is 4.79 Å². The van der Waals surface area contributed by atoms with Gasteiger partial charge in [-0.05, 0) is 54.5 Å². The average molecular weight is 340 g/mol. The number of hydrogen-bond acceptors (Lipinski definition) is 4. The van der Waals surface area contributed by atoms with Crippen molar-refractivity contribution in [3.05, 3.63) is 68.7 Å². The third kappa shape index (κ3) is 2.76. The highest BCUT2D eigenvalue weighted by atomic mass is 32.1. The molecule has 0 saturated carbocycles. The van der Waals surface area contributed by atoms with Crippen LogP contribution in [0.5, 0.6) is 0 Å². The molecule has 0 unspecified atom stereocenters. The molecule has 0 aliphatic heterocycles. The molecule has 3 rings (SSSR count). The Morgan fingerprint density at radius 1 is 1.21 bits per heavy atom. The van der Waals surface area contributed by atoms with Crippen LogP contribution >= 0.6 is 12.2 Å². The largest absolute Gasteiger partial charge is 0.465 e. The highest BCUT2D eigenvalue weighted by molar-refractivity contribution is 7.71. The minimum atomic E-state index is -0.462. The van der Waals surface area contributed by atoms with Gasteiger partial charge in [-0.1, -0.05) is 19.1 Å². The van der Waals surface area contributed by atoms with E-state index in [1.807, 2.05) is 24.3 Å². The predicted octanol–water partition coefficient (Wildman–Crippen LogP) is 3.40. The molecular weight excluding hydrogens is 324 g/mol. The molecule has 24 heavy (non-hydrogen) atoms. The Bertz CT molecular complexity index is 1030. The number of benzene rings is 2. The van der Waals surface area contributed by atoms with Crippen molar-refractivity contribution >= 4 is 29.1 Å². The normalized spacial score (nSPS) is 10.8. The van der Waals surface area contributed by atoms with Gasteiger partial charge >= 0.3 is 5.97 Å². The van der Waals surface area contributed by atoms with Gasteiger partial charge in [0.15, 0.2) is 4.77 Å². The van der Waals surface area contributed by atoms with Gasteiger partial charge in [0, 0.05) is 0 Å². The number of carbonyl (C=O) groups is 1. The second-order valence-electron chi connectivity index (χ2n) is 5.34. The number of carbonyl (C=O) groups excluding carboxylic acids is 1. The minimum Gasteiger partial charge on any atom is -0.465 e. The summed E-state index contributed by atoms with van der Waals surface area (Å²) in [6.45, 7) is 2.07. The molecular formula is C18H16N2O3S. The number of nitrogens with zero attached hydrogens (tertiary/aromatic N) is 1. The van der Waals surface area contributed by atoms with Crippen molar-refractivity contribution in [2.45, 2.75) is 13.3 Å². The van der Waals surface area contributed by atoms with Gasteiger partial charge in [0.05, 0.1) is 29.3 Å².